The summed E-state index contributed by atoms with van der Waals surface area (Å²) in [7, 11) is 0. The number of carbonyl (C=O) groups is 4. The summed E-state index contributed by atoms with van der Waals surface area (Å²) in [5.74, 6) is -2.45. The third-order valence-corrected chi connectivity index (χ3v) is 5.39. The molecule has 0 aliphatic carbocycles. The van der Waals surface area contributed by atoms with Gasteiger partial charge < -0.3 is 15.7 Å². The molecular weight excluding hydrogens is 441 g/mol. The van der Waals surface area contributed by atoms with E-state index in [1.165, 1.54) is 40.5 Å². The molecule has 1 aliphatic rings. The number of nitrogens with one attached hydrogen (secondary N) is 2. The summed E-state index contributed by atoms with van der Waals surface area (Å²) in [6.07, 6.45) is 0.863. The number of aryl methyl sites for hydroxylation is 1. The lowest BCUT2D eigenvalue weighted by atomic mass is 10.1. The van der Waals surface area contributed by atoms with E-state index in [1.807, 2.05) is 6.92 Å². The Hall–Kier alpha value is -3.41. The van der Waals surface area contributed by atoms with Crippen molar-refractivity contribution < 1.29 is 28.7 Å². The van der Waals surface area contributed by atoms with Gasteiger partial charge in [0.25, 0.3) is 11.9 Å². The number of hydrogen-bond acceptors (Lipinski definition) is 7. The Bertz CT molecular complexity index is 962. The number of halogens is 1. The van der Waals surface area contributed by atoms with Gasteiger partial charge in [0, 0.05) is 38.5 Å². The van der Waals surface area contributed by atoms with E-state index in [-0.39, 0.29) is 43.8 Å². The van der Waals surface area contributed by atoms with Gasteiger partial charge in [0.1, 0.15) is 10.8 Å². The Morgan fingerprint density at radius 3 is 2.41 bits per heavy atom. The van der Waals surface area contributed by atoms with Gasteiger partial charge in [0.05, 0.1) is 5.92 Å². The maximum absolute atomic E-state index is 12.9. The third kappa shape index (κ3) is 7.38. The van der Waals surface area contributed by atoms with Gasteiger partial charge in [0.2, 0.25) is 16.9 Å². The van der Waals surface area contributed by atoms with Gasteiger partial charge in [-0.05, 0) is 30.7 Å². The molecule has 12 heteroatoms. The highest BCUT2D eigenvalue weighted by Gasteiger charge is 2.36. The van der Waals surface area contributed by atoms with Gasteiger partial charge in [-0.1, -0.05) is 18.3 Å². The third-order valence-electron chi connectivity index (χ3n) is 4.30. The van der Waals surface area contributed by atoms with Crippen molar-refractivity contribution in [1.82, 2.24) is 20.8 Å². The minimum Gasteiger partial charge on any atom is -0.481 e. The second-order valence-electron chi connectivity index (χ2n) is 6.81. The smallest absolute Gasteiger partial charge is 0.300 e. The first-order valence-corrected chi connectivity index (χ1v) is 10.7. The van der Waals surface area contributed by atoms with E-state index in [1.54, 1.807) is 0 Å². The fourth-order valence-corrected chi connectivity index (χ4v) is 3.58. The normalized spacial score (nSPS) is 15.0. The fraction of sp³-hybridized carbons (Fsp3) is 0.400. The van der Waals surface area contributed by atoms with Gasteiger partial charge in [0.15, 0.2) is 0 Å². The molecule has 0 radical (unpaired) electrons. The molecule has 1 fully saturated rings. The van der Waals surface area contributed by atoms with Crippen LogP contribution in [0.5, 0.6) is 0 Å². The van der Waals surface area contributed by atoms with Crippen LogP contribution in [0.1, 0.15) is 35.6 Å². The number of carboxylic acids is 1. The van der Waals surface area contributed by atoms with Crippen molar-refractivity contribution in [3.05, 3.63) is 40.7 Å². The molecule has 1 unspecified atom stereocenters. The van der Waals surface area contributed by atoms with Crippen molar-refractivity contribution in [2.45, 2.75) is 26.7 Å². The molecule has 0 spiro atoms. The molecule has 1 aromatic heterocycles. The Labute approximate surface area is 187 Å². The van der Waals surface area contributed by atoms with Crippen molar-refractivity contribution in [1.29, 1.82) is 0 Å². The largest absolute Gasteiger partial charge is 0.481 e. The van der Waals surface area contributed by atoms with E-state index < -0.39 is 17.7 Å². The van der Waals surface area contributed by atoms with E-state index in [0.29, 0.717) is 10.7 Å². The zero-order valence-corrected chi connectivity index (χ0v) is 18.4. The number of amides is 3. The Kier molecular flexibility index (Phi) is 9.20. The average molecular weight is 466 g/mol. The average Bonchev–Trinajstić information content (AvgIpc) is 3.37. The van der Waals surface area contributed by atoms with Crippen LogP contribution in [0.25, 0.3) is 0 Å². The number of anilines is 1. The van der Waals surface area contributed by atoms with E-state index in [0.717, 1.165) is 18.4 Å². The first kappa shape index (κ1) is 24.9. The molecule has 3 rings (SSSR count). The molecule has 1 aliphatic heterocycles. The molecule has 2 aromatic rings. The molecule has 1 aromatic carbocycles. The Balaban J connectivity index is 0.000000837. The molecule has 0 saturated carbocycles. The highest BCUT2D eigenvalue weighted by molar-refractivity contribution is 7.15. The summed E-state index contributed by atoms with van der Waals surface area (Å²) in [6.45, 7) is 3.77. The quantitative estimate of drug-likeness (QED) is 0.522. The predicted octanol–water partition coefficient (Wildman–Crippen LogP) is 1.23. The van der Waals surface area contributed by atoms with Crippen molar-refractivity contribution in [3.63, 3.8) is 0 Å². The molecule has 1 saturated heterocycles. The predicted molar refractivity (Wildman–Crippen MR) is 115 cm³/mol. The summed E-state index contributed by atoms with van der Waals surface area (Å²) in [5.41, 5.74) is 0.341. The molecular formula is C20H24FN5O5S. The number of rotatable bonds is 7. The number of carbonyl (C=O) groups excluding carboxylic acids is 3. The van der Waals surface area contributed by atoms with Gasteiger partial charge in [-0.3, -0.25) is 24.1 Å². The van der Waals surface area contributed by atoms with Gasteiger partial charge in [-0.25, -0.2) is 4.39 Å². The molecule has 2 heterocycles. The second kappa shape index (κ2) is 11.8. The van der Waals surface area contributed by atoms with Crippen molar-refractivity contribution >= 4 is 40.2 Å². The topological polar surface area (TPSA) is 142 Å². The van der Waals surface area contributed by atoms with Gasteiger partial charge in [-0.15, -0.1) is 10.2 Å². The highest BCUT2D eigenvalue weighted by Crippen LogP contribution is 2.28. The van der Waals surface area contributed by atoms with Crippen LogP contribution in [0.2, 0.25) is 0 Å². The molecule has 172 valence electrons. The van der Waals surface area contributed by atoms with E-state index in [2.05, 4.69) is 20.8 Å². The lowest BCUT2D eigenvalue weighted by Gasteiger charge is -2.13. The molecule has 32 heavy (non-hydrogen) atoms. The summed E-state index contributed by atoms with van der Waals surface area (Å²) in [5, 5.41) is 22.2. The highest BCUT2D eigenvalue weighted by atomic mass is 32.1. The number of benzene rings is 1. The Morgan fingerprint density at radius 1 is 1.19 bits per heavy atom. The molecule has 10 nitrogen and oxygen atoms in total. The van der Waals surface area contributed by atoms with E-state index in [9.17, 15) is 18.8 Å². The maximum Gasteiger partial charge on any atom is 0.300 e. The zero-order chi connectivity index (χ0) is 23.7. The number of hydrogen-bond donors (Lipinski definition) is 3. The number of aliphatic carboxylic acids is 1. The SMILES string of the molecule is CC(=O)O.CCc1nnc(N2CC(C(=O)NCCNC(=O)c3ccc(F)cc3)CC2=O)s1. The molecule has 3 N–H and O–H groups in total. The standard InChI is InChI=1S/C18H20FN5O3S.C2H4O2/c1-2-14-22-23-18(28-14)24-10-12(9-15(24)25)17(27)21-8-7-20-16(26)11-3-5-13(19)6-4-11;1-2(3)4/h3-6,12H,2,7-10H2,1H3,(H,20,26)(H,21,27);1H3,(H,3,4). The van der Waals surface area contributed by atoms with Crippen LogP contribution >= 0.6 is 11.3 Å². The van der Waals surface area contributed by atoms with Crippen LogP contribution in [0.4, 0.5) is 9.52 Å². The summed E-state index contributed by atoms with van der Waals surface area (Å²) >= 11 is 1.35. The summed E-state index contributed by atoms with van der Waals surface area (Å²) in [4.78, 5) is 46.9. The minimum absolute atomic E-state index is 0.120. The summed E-state index contributed by atoms with van der Waals surface area (Å²) in [6, 6.07) is 5.20. The van der Waals surface area contributed by atoms with Crippen molar-refractivity contribution in [3.8, 4) is 0 Å². The minimum atomic E-state index is -0.833. The molecule has 3 amide bonds. The number of aromatic nitrogens is 2. The number of nitrogens with zero attached hydrogens (tertiary/aromatic N) is 3. The maximum atomic E-state index is 12.9. The summed E-state index contributed by atoms with van der Waals surface area (Å²) < 4.78 is 12.9. The van der Waals surface area contributed by atoms with E-state index >= 15 is 0 Å². The Morgan fingerprint density at radius 2 is 1.81 bits per heavy atom. The first-order valence-electron chi connectivity index (χ1n) is 9.85. The lowest BCUT2D eigenvalue weighted by Crippen LogP contribution is -2.38. The van der Waals surface area contributed by atoms with E-state index in [4.69, 9.17) is 9.90 Å². The van der Waals surface area contributed by atoms with Crippen LogP contribution < -0.4 is 15.5 Å². The van der Waals surface area contributed by atoms with Crippen LogP contribution in [-0.4, -0.2) is 58.6 Å². The first-order chi connectivity index (χ1) is 15.2. The molecule has 1 atom stereocenters. The van der Waals surface area contributed by atoms with Gasteiger partial charge >= 0.3 is 0 Å². The van der Waals surface area contributed by atoms with Gasteiger partial charge in [-0.2, -0.15) is 0 Å². The zero-order valence-electron chi connectivity index (χ0n) is 17.6. The fourth-order valence-electron chi connectivity index (χ4n) is 2.77. The second-order valence-corrected chi connectivity index (χ2v) is 7.85. The van der Waals surface area contributed by atoms with Crippen molar-refractivity contribution in [2.75, 3.05) is 24.5 Å². The van der Waals surface area contributed by atoms with Crippen LogP contribution in [0, 0.1) is 11.7 Å². The monoisotopic (exact) mass is 465 g/mol. The lowest BCUT2D eigenvalue weighted by molar-refractivity contribution is -0.134. The van der Waals surface area contributed by atoms with Crippen LogP contribution in [0.3, 0.4) is 0 Å². The molecule has 0 bridgehead atoms. The van der Waals surface area contributed by atoms with Crippen LogP contribution in [-0.2, 0) is 20.8 Å². The van der Waals surface area contributed by atoms with Crippen LogP contribution in [0.15, 0.2) is 24.3 Å². The number of carboxylic acid groups (broad SMARTS) is 1. The van der Waals surface area contributed by atoms with Crippen molar-refractivity contribution in [2.24, 2.45) is 5.92 Å².